The molecule has 5 aromatic rings. The molecule has 2 radical (unpaired) electrons. The molecule has 1 aromatic carbocycles. The summed E-state index contributed by atoms with van der Waals surface area (Å²) in [6, 6.07) is 16.4. The predicted octanol–water partition coefficient (Wildman–Crippen LogP) is 5.76. The number of aromatic amines is 2. The summed E-state index contributed by atoms with van der Waals surface area (Å²) >= 11 is 3.45. The van der Waals surface area contributed by atoms with Gasteiger partial charge >= 0.3 is 37.1 Å². The topological polar surface area (TPSA) is 192 Å². The van der Waals surface area contributed by atoms with E-state index in [0.29, 0.717) is 11.1 Å². The largest absolute Gasteiger partial charge is 2.00 e. The van der Waals surface area contributed by atoms with E-state index in [1.54, 1.807) is 35.1 Å². The number of imidazole rings is 2. The molecule has 0 aliphatic rings. The molecule has 5 rings (SSSR count). The molecule has 2 amide bonds. The van der Waals surface area contributed by atoms with Crippen molar-refractivity contribution in [2.75, 3.05) is 14.2 Å². The summed E-state index contributed by atoms with van der Waals surface area (Å²) in [6.45, 7) is 0. The molecule has 12 nitrogen and oxygen atoms in total. The van der Waals surface area contributed by atoms with Crippen molar-refractivity contribution < 1.29 is 65.8 Å². The Morgan fingerprint density at radius 2 is 1.17 bits per heavy atom. The average molecular weight is 716 g/mol. The maximum Gasteiger partial charge on any atom is 2.00 e. The van der Waals surface area contributed by atoms with Crippen molar-refractivity contribution in [3.8, 4) is 32.3 Å². The van der Waals surface area contributed by atoms with Crippen LogP contribution in [0.3, 0.4) is 0 Å². The van der Waals surface area contributed by atoms with Crippen LogP contribution in [-0.4, -0.2) is 58.4 Å². The minimum atomic E-state index is -0.995. The zero-order valence-electron chi connectivity index (χ0n) is 21.7. The molecule has 0 saturated heterocycles. The molecule has 2 unspecified atom stereocenters. The van der Waals surface area contributed by atoms with Gasteiger partial charge in [-0.05, 0) is 23.3 Å². The Morgan fingerprint density at radius 1 is 0.762 bits per heavy atom. The number of hydrogen-bond donors (Lipinski definition) is 2. The Balaban J connectivity index is 0.000000640. The molecule has 0 spiro atoms. The van der Waals surface area contributed by atoms with E-state index in [1.165, 1.54) is 14.3 Å². The second kappa shape index (κ2) is 18.7. The molecule has 4 N–H and O–H groups in total. The van der Waals surface area contributed by atoms with Crippen molar-refractivity contribution in [1.29, 1.82) is 0 Å². The van der Waals surface area contributed by atoms with Crippen LogP contribution < -0.4 is 11.1 Å². The Labute approximate surface area is 275 Å². The quantitative estimate of drug-likeness (QED) is 0.157. The van der Waals surface area contributed by atoms with E-state index < -0.39 is 12.2 Å². The zero-order valence-corrected chi connectivity index (χ0v) is 28.1. The van der Waals surface area contributed by atoms with Crippen LogP contribution in [0.25, 0.3) is 53.1 Å². The minimum Gasteiger partial charge on any atom is -0.632 e. The molecule has 0 saturated carbocycles. The summed E-state index contributed by atoms with van der Waals surface area (Å²) in [5, 5.41) is 0. The van der Waals surface area contributed by atoms with Gasteiger partial charge in [0.2, 0.25) is 12.2 Å². The number of thiophene rings is 2. The van der Waals surface area contributed by atoms with Crippen LogP contribution in [0.2, 0.25) is 0 Å². The predicted molar refractivity (Wildman–Crippen MR) is 161 cm³/mol. The summed E-state index contributed by atoms with van der Waals surface area (Å²) in [5.41, 5.74) is 17.2. The Bertz CT molecular complexity index is 1560. The number of nitrogens with one attached hydrogen (secondary N) is 4. The second-order valence-corrected chi connectivity index (χ2v) is 11.3. The van der Waals surface area contributed by atoms with E-state index in [-0.39, 0.29) is 54.3 Å². The number of H-pyrrole nitrogens is 2. The molecule has 214 valence electrons. The van der Waals surface area contributed by atoms with Crippen LogP contribution in [-0.2, 0) is 56.2 Å². The van der Waals surface area contributed by atoms with Gasteiger partial charge in [-0.2, -0.15) is 17.2 Å². The minimum absolute atomic E-state index is 0. The number of ether oxygens (including phenoxy) is 2. The van der Waals surface area contributed by atoms with E-state index >= 15 is 0 Å². The van der Waals surface area contributed by atoms with Gasteiger partial charge in [-0.25, -0.2) is 22.0 Å². The van der Waals surface area contributed by atoms with Crippen LogP contribution in [0.1, 0.15) is 0 Å². The number of rotatable bonds is 7. The smallest absolute Gasteiger partial charge is 0.632 e. The number of aromatic nitrogens is 4. The van der Waals surface area contributed by atoms with Crippen LogP contribution >= 0.6 is 39.8 Å². The van der Waals surface area contributed by atoms with Crippen molar-refractivity contribution in [1.82, 2.24) is 19.9 Å². The molecular weight excluding hydrogens is 696 g/mol. The van der Waals surface area contributed by atoms with Crippen LogP contribution in [0.5, 0.6) is 0 Å². The van der Waals surface area contributed by atoms with E-state index in [2.05, 4.69) is 65.8 Å². The van der Waals surface area contributed by atoms with Gasteiger partial charge in [0, 0.05) is 14.3 Å². The number of nitrogens with zero attached hydrogens (tertiary/aromatic N) is 2. The zero-order chi connectivity index (χ0) is 29.1. The molecule has 4 heterocycles. The summed E-state index contributed by atoms with van der Waals surface area (Å²) in [7, 11) is 2.18. The SMILES string of the molecule is COC([NH-])=O.COC([NH-])=O.O=[C-]Pc1ncc(-c2ccc(-c3cc4sc(-c5cnc(P[C-]=O)[nH]5)cc4s3)cc2)[nH]1.[V+2].[V+2]. The molecule has 0 bridgehead atoms. The third kappa shape index (κ3) is 10.8. The van der Waals surface area contributed by atoms with Gasteiger partial charge in [-0.15, -0.1) is 22.7 Å². The summed E-state index contributed by atoms with van der Waals surface area (Å²) in [6.07, 6.45) is 1.52. The fraction of sp³-hybridized carbons (Fsp3) is 0.0833. The molecular formula is C24H20N6O6P2S2V2. The third-order valence-electron chi connectivity index (χ3n) is 4.81. The van der Waals surface area contributed by atoms with Crippen molar-refractivity contribution >= 4 is 84.6 Å². The number of fused-ring (bicyclic) bond motifs is 1. The summed E-state index contributed by atoms with van der Waals surface area (Å²) in [5.74, 6) is 0. The van der Waals surface area contributed by atoms with E-state index in [0.717, 1.165) is 41.6 Å². The number of hydrogen-bond acceptors (Lipinski definition) is 10. The fourth-order valence-corrected chi connectivity index (χ4v) is 6.28. The number of amides is 2. The van der Waals surface area contributed by atoms with Crippen LogP contribution in [0, 0.1) is 0 Å². The number of benzene rings is 1. The van der Waals surface area contributed by atoms with Crippen molar-refractivity contribution in [3.63, 3.8) is 0 Å². The fourth-order valence-electron chi connectivity index (χ4n) is 3.06. The van der Waals surface area contributed by atoms with Gasteiger partial charge in [0.1, 0.15) is 0 Å². The monoisotopic (exact) mass is 716 g/mol. The third-order valence-corrected chi connectivity index (χ3v) is 8.38. The van der Waals surface area contributed by atoms with Crippen molar-refractivity contribution in [2.45, 2.75) is 0 Å². The van der Waals surface area contributed by atoms with Gasteiger partial charge in [-0.3, -0.25) is 9.59 Å². The summed E-state index contributed by atoms with van der Waals surface area (Å²) < 4.78 is 10.00. The molecule has 42 heavy (non-hydrogen) atoms. The first kappa shape index (κ1) is 37.2. The first-order valence-electron chi connectivity index (χ1n) is 10.9. The van der Waals surface area contributed by atoms with Crippen molar-refractivity contribution in [3.05, 3.63) is 60.3 Å². The molecule has 0 fully saturated rings. The molecule has 4 aromatic heterocycles. The molecule has 2 atom stereocenters. The van der Waals surface area contributed by atoms with Gasteiger partial charge in [0.15, 0.2) is 0 Å². The molecule has 0 aliphatic heterocycles. The van der Waals surface area contributed by atoms with Crippen molar-refractivity contribution in [2.24, 2.45) is 0 Å². The van der Waals surface area contributed by atoms with Gasteiger partial charge in [-0.1, -0.05) is 24.3 Å². The maximum absolute atomic E-state index is 10.5. The van der Waals surface area contributed by atoms with Gasteiger partial charge < -0.3 is 40.5 Å². The number of carbonyl (C=O) groups excluding carboxylic acids is 4. The molecule has 18 heteroatoms. The Hall–Kier alpha value is -2.79. The first-order chi connectivity index (χ1) is 19.3. The van der Waals surface area contributed by atoms with E-state index in [9.17, 15) is 19.2 Å². The van der Waals surface area contributed by atoms with Gasteiger partial charge in [0.25, 0.3) is 0 Å². The van der Waals surface area contributed by atoms with Gasteiger partial charge in [0.05, 0.1) is 54.0 Å². The average Bonchev–Trinajstić information content (AvgIpc) is 3.74. The van der Waals surface area contributed by atoms with Crippen LogP contribution in [0.15, 0.2) is 48.8 Å². The number of carbonyl (C=O) groups is 2. The van der Waals surface area contributed by atoms with E-state index in [1.807, 2.05) is 12.1 Å². The Morgan fingerprint density at radius 3 is 1.64 bits per heavy atom. The first-order valence-corrected chi connectivity index (χ1v) is 14.5. The molecule has 0 aliphatic carbocycles. The normalized spacial score (nSPS) is 10.1. The van der Waals surface area contributed by atoms with Crippen LogP contribution in [0.4, 0.5) is 9.59 Å². The Kier molecular flexibility index (Phi) is 16.6. The maximum atomic E-state index is 10.5. The standard InChI is InChI=1S/C20H12N4O2P2S2.2C2H5NO2.2V/c25-9-27-19-21-7-13(23-19)11-1-3-12(4-2-11)15-5-17-18(29-15)6-16(30-17)14-8-22-20(24-14)28-10-26;2*1-5-2(3)4;;/h1-8,27-28H,(H,21,23)(H,22,24);2*1H3,(H2,3,4);;/q-2;;;2*+2/p-2. The second-order valence-electron chi connectivity index (χ2n) is 7.26. The van der Waals surface area contributed by atoms with E-state index in [4.69, 9.17) is 11.5 Å². The number of methoxy groups -OCH3 is 2. The summed E-state index contributed by atoms with van der Waals surface area (Å²) in [4.78, 5) is 56.6.